The second-order valence-electron chi connectivity index (χ2n) is 9.39. The lowest BCUT2D eigenvalue weighted by Crippen LogP contribution is -2.20. The molecule has 1 saturated heterocycles. The van der Waals surface area contributed by atoms with Crippen LogP contribution in [-0.2, 0) is 10.9 Å². The van der Waals surface area contributed by atoms with E-state index in [1.807, 2.05) is 29.9 Å². The Balaban J connectivity index is 1.36. The van der Waals surface area contributed by atoms with Crippen LogP contribution in [0.3, 0.4) is 0 Å². The van der Waals surface area contributed by atoms with Crippen molar-refractivity contribution in [1.82, 2.24) is 24.7 Å². The molecule has 0 spiro atoms. The van der Waals surface area contributed by atoms with Gasteiger partial charge in [0.05, 0.1) is 29.6 Å². The lowest BCUT2D eigenvalue weighted by molar-refractivity contribution is -0.137. The number of fused-ring (bicyclic) bond motifs is 1. The van der Waals surface area contributed by atoms with Gasteiger partial charge < -0.3 is 4.74 Å². The molecule has 1 saturated carbocycles. The number of benzene rings is 1. The van der Waals surface area contributed by atoms with E-state index in [1.54, 1.807) is 0 Å². The van der Waals surface area contributed by atoms with Crippen LogP contribution >= 0.6 is 0 Å². The lowest BCUT2D eigenvalue weighted by Gasteiger charge is -2.28. The molecule has 1 aliphatic carbocycles. The van der Waals surface area contributed by atoms with E-state index < -0.39 is 11.7 Å². The number of rotatable bonds is 4. The van der Waals surface area contributed by atoms with Crippen LogP contribution in [0.1, 0.15) is 66.4 Å². The van der Waals surface area contributed by atoms with Gasteiger partial charge in [-0.25, -0.2) is 15.0 Å². The van der Waals surface area contributed by atoms with Gasteiger partial charge in [0.25, 0.3) is 0 Å². The van der Waals surface area contributed by atoms with E-state index in [0.29, 0.717) is 47.2 Å². The van der Waals surface area contributed by atoms with Gasteiger partial charge in [-0.2, -0.15) is 18.3 Å². The summed E-state index contributed by atoms with van der Waals surface area (Å²) >= 11 is 0. The Kier molecular flexibility index (Phi) is 5.32. The van der Waals surface area contributed by atoms with Gasteiger partial charge in [0.15, 0.2) is 5.65 Å². The van der Waals surface area contributed by atoms with Crippen molar-refractivity contribution in [3.63, 3.8) is 0 Å². The highest BCUT2D eigenvalue weighted by molar-refractivity contribution is 5.90. The third kappa shape index (κ3) is 4.40. The van der Waals surface area contributed by atoms with Gasteiger partial charge >= 0.3 is 6.18 Å². The van der Waals surface area contributed by atoms with E-state index in [1.165, 1.54) is 25.0 Å². The van der Waals surface area contributed by atoms with Crippen LogP contribution in [0.4, 0.5) is 13.2 Å². The number of alkyl halides is 3. The maximum absolute atomic E-state index is 13.1. The van der Waals surface area contributed by atoms with Crippen LogP contribution in [0.25, 0.3) is 22.3 Å². The van der Waals surface area contributed by atoms with Crippen molar-refractivity contribution < 1.29 is 17.9 Å². The first kappa shape index (κ1) is 22.2. The molecule has 4 aromatic rings. The van der Waals surface area contributed by atoms with Gasteiger partial charge in [0.1, 0.15) is 5.82 Å². The molecule has 0 N–H and O–H groups in total. The molecule has 0 bridgehead atoms. The summed E-state index contributed by atoms with van der Waals surface area (Å²) in [6.45, 7) is 2.46. The number of halogens is 3. The Morgan fingerprint density at radius 1 is 0.971 bits per heavy atom. The highest BCUT2D eigenvalue weighted by Crippen LogP contribution is 2.40. The van der Waals surface area contributed by atoms with E-state index in [-0.39, 0.29) is 12.0 Å². The monoisotopic (exact) mass is 479 g/mol. The second-order valence-corrected chi connectivity index (χ2v) is 9.39. The SMILES string of the molecule is Cc1ccc2c(-c3ccc(C(F)(F)F)cc3)nc(C3CCOC(c4cnn(C5CC5)c4)C3)nc2n1. The highest BCUT2D eigenvalue weighted by atomic mass is 19.4. The number of aryl methyl sites for hydroxylation is 1. The summed E-state index contributed by atoms with van der Waals surface area (Å²) in [6.07, 6.45) is 3.27. The van der Waals surface area contributed by atoms with Gasteiger partial charge in [-0.1, -0.05) is 12.1 Å². The zero-order valence-electron chi connectivity index (χ0n) is 19.2. The fraction of sp³-hybridized carbons (Fsp3) is 0.385. The van der Waals surface area contributed by atoms with Crippen molar-refractivity contribution in [2.24, 2.45) is 0 Å². The standard InChI is InChI=1S/C26H24F3N5O/c1-15-2-9-21-23(16-3-5-19(6-4-16)26(27,28)29)32-24(33-25(21)31-15)17-10-11-35-22(12-17)18-13-30-34(14-18)20-7-8-20/h2-6,9,13-14,17,20,22H,7-8,10-12H2,1H3. The number of aromatic nitrogens is 5. The summed E-state index contributed by atoms with van der Waals surface area (Å²) in [7, 11) is 0. The van der Waals surface area contributed by atoms with E-state index in [4.69, 9.17) is 14.7 Å². The highest BCUT2D eigenvalue weighted by Gasteiger charge is 2.32. The van der Waals surface area contributed by atoms with Gasteiger partial charge in [0.2, 0.25) is 0 Å². The molecule has 2 atom stereocenters. The van der Waals surface area contributed by atoms with Gasteiger partial charge in [-0.05, 0) is 56.9 Å². The Labute approximate surface area is 200 Å². The molecule has 4 heterocycles. The van der Waals surface area contributed by atoms with Crippen molar-refractivity contribution in [2.45, 2.75) is 56.8 Å². The minimum atomic E-state index is -4.39. The summed E-state index contributed by atoms with van der Waals surface area (Å²) in [5.74, 6) is 0.686. The zero-order chi connectivity index (χ0) is 24.2. The summed E-state index contributed by atoms with van der Waals surface area (Å²) in [4.78, 5) is 14.3. The van der Waals surface area contributed by atoms with Crippen molar-refractivity contribution in [3.05, 3.63) is 71.4 Å². The molecule has 3 aromatic heterocycles. The molecule has 9 heteroatoms. The van der Waals surface area contributed by atoms with Gasteiger partial charge in [0, 0.05) is 40.9 Å². The average Bonchev–Trinajstić information content (AvgIpc) is 3.59. The maximum Gasteiger partial charge on any atom is 0.416 e. The van der Waals surface area contributed by atoms with Crippen molar-refractivity contribution in [1.29, 1.82) is 0 Å². The molecular formula is C26H24F3N5O. The molecule has 2 unspecified atom stereocenters. The largest absolute Gasteiger partial charge is 0.416 e. The Morgan fingerprint density at radius 3 is 2.51 bits per heavy atom. The number of hydrogen-bond donors (Lipinski definition) is 0. The van der Waals surface area contributed by atoms with Crippen LogP contribution in [0, 0.1) is 6.92 Å². The van der Waals surface area contributed by atoms with Crippen LogP contribution in [0.15, 0.2) is 48.8 Å². The molecule has 180 valence electrons. The molecule has 0 radical (unpaired) electrons. The first-order chi connectivity index (χ1) is 16.8. The summed E-state index contributed by atoms with van der Waals surface area (Å²) in [5, 5.41) is 5.21. The van der Waals surface area contributed by atoms with E-state index >= 15 is 0 Å². The summed E-state index contributed by atoms with van der Waals surface area (Å²) in [6, 6.07) is 9.36. The molecule has 1 aliphatic heterocycles. The molecule has 1 aromatic carbocycles. The molecule has 6 nitrogen and oxygen atoms in total. The smallest absolute Gasteiger partial charge is 0.373 e. The summed E-state index contributed by atoms with van der Waals surface area (Å²) < 4.78 is 47.4. The van der Waals surface area contributed by atoms with Gasteiger partial charge in [-0.15, -0.1) is 0 Å². The Hall–Kier alpha value is -3.33. The molecule has 35 heavy (non-hydrogen) atoms. The molecule has 2 aliphatic rings. The fourth-order valence-electron chi connectivity index (χ4n) is 4.66. The van der Waals surface area contributed by atoms with Crippen molar-refractivity contribution in [2.75, 3.05) is 6.61 Å². The number of nitrogens with zero attached hydrogens (tertiary/aromatic N) is 5. The molecule has 2 fully saturated rings. The second kappa shape index (κ2) is 8.41. The normalized spacial score (nSPS) is 20.9. The first-order valence-electron chi connectivity index (χ1n) is 11.8. The Bertz CT molecular complexity index is 1380. The third-order valence-corrected chi connectivity index (χ3v) is 6.77. The lowest BCUT2D eigenvalue weighted by atomic mass is 9.92. The van der Waals surface area contributed by atoms with Gasteiger partial charge in [-0.3, -0.25) is 4.68 Å². The third-order valence-electron chi connectivity index (χ3n) is 6.77. The molecular weight excluding hydrogens is 455 g/mol. The molecule has 0 amide bonds. The van der Waals surface area contributed by atoms with Crippen LogP contribution in [-0.4, -0.2) is 31.3 Å². The minimum Gasteiger partial charge on any atom is -0.373 e. The van der Waals surface area contributed by atoms with Crippen LogP contribution in [0.5, 0.6) is 0 Å². The van der Waals surface area contributed by atoms with E-state index in [0.717, 1.165) is 29.8 Å². The van der Waals surface area contributed by atoms with Crippen LogP contribution in [0.2, 0.25) is 0 Å². The minimum absolute atomic E-state index is 0.0398. The van der Waals surface area contributed by atoms with E-state index in [9.17, 15) is 13.2 Å². The van der Waals surface area contributed by atoms with Crippen molar-refractivity contribution >= 4 is 11.0 Å². The topological polar surface area (TPSA) is 65.7 Å². The number of pyridine rings is 1. The number of ether oxygens (including phenoxy) is 1. The Morgan fingerprint density at radius 2 is 1.77 bits per heavy atom. The van der Waals surface area contributed by atoms with E-state index in [2.05, 4.69) is 16.3 Å². The fourth-order valence-corrected chi connectivity index (χ4v) is 4.66. The molecule has 6 rings (SSSR count). The van der Waals surface area contributed by atoms with Crippen LogP contribution < -0.4 is 0 Å². The number of hydrogen-bond acceptors (Lipinski definition) is 5. The summed E-state index contributed by atoms with van der Waals surface area (Å²) in [5.41, 5.74) is 2.93. The first-order valence-corrected chi connectivity index (χ1v) is 11.8. The quantitative estimate of drug-likeness (QED) is 0.349. The zero-order valence-corrected chi connectivity index (χ0v) is 19.2. The predicted octanol–water partition coefficient (Wildman–Crippen LogP) is 6.19. The van der Waals surface area contributed by atoms with Crippen molar-refractivity contribution in [3.8, 4) is 11.3 Å². The average molecular weight is 480 g/mol. The predicted molar refractivity (Wildman–Crippen MR) is 124 cm³/mol. The maximum atomic E-state index is 13.1.